The molecule has 0 radical (unpaired) electrons. The van der Waals surface area contributed by atoms with Crippen molar-refractivity contribution in [2.75, 3.05) is 11.9 Å². The van der Waals surface area contributed by atoms with Gasteiger partial charge in [-0.05, 0) is 30.0 Å². The van der Waals surface area contributed by atoms with Crippen molar-refractivity contribution in [2.24, 2.45) is 11.3 Å². The number of carbonyl (C=O) groups excluding carboxylic acids is 1. The van der Waals surface area contributed by atoms with E-state index in [1.807, 2.05) is 26.8 Å². The molecule has 1 unspecified atom stereocenters. The summed E-state index contributed by atoms with van der Waals surface area (Å²) in [4.78, 5) is 23.0. The Morgan fingerprint density at radius 3 is 2.52 bits per heavy atom. The van der Waals surface area contributed by atoms with Gasteiger partial charge in [0.2, 0.25) is 0 Å². The van der Waals surface area contributed by atoms with E-state index in [1.54, 1.807) is 18.2 Å². The first-order chi connectivity index (χ1) is 9.67. The van der Waals surface area contributed by atoms with Crippen LogP contribution in [0.4, 0.5) is 10.5 Å². The number of hydrogen-bond donors (Lipinski definition) is 3. The molecule has 0 bridgehead atoms. The van der Waals surface area contributed by atoms with Gasteiger partial charge in [-0.25, -0.2) is 4.79 Å². The number of anilines is 1. The zero-order valence-electron chi connectivity index (χ0n) is 12.4. The number of carboxylic acids is 1. The minimum absolute atomic E-state index is 0.104. The van der Waals surface area contributed by atoms with Crippen LogP contribution in [0.5, 0.6) is 0 Å². The summed E-state index contributed by atoms with van der Waals surface area (Å²) in [5.41, 5.74) is 0.537. The van der Waals surface area contributed by atoms with Gasteiger partial charge in [-0.1, -0.05) is 42.8 Å². The third-order valence-corrected chi connectivity index (χ3v) is 3.29. The van der Waals surface area contributed by atoms with Crippen LogP contribution in [-0.2, 0) is 4.79 Å². The van der Waals surface area contributed by atoms with Gasteiger partial charge >= 0.3 is 12.0 Å². The number of hydrogen-bond acceptors (Lipinski definition) is 2. The zero-order valence-corrected chi connectivity index (χ0v) is 14.0. The molecule has 0 heterocycles. The smallest absolute Gasteiger partial charge is 0.319 e. The van der Waals surface area contributed by atoms with Crippen molar-refractivity contribution in [3.8, 4) is 0 Å². The van der Waals surface area contributed by atoms with Crippen LogP contribution < -0.4 is 10.6 Å². The highest BCUT2D eigenvalue weighted by molar-refractivity contribution is 9.10. The fraction of sp³-hybridized carbons (Fsp3) is 0.467. The molecule has 6 heteroatoms. The largest absolute Gasteiger partial charge is 0.481 e. The maximum absolute atomic E-state index is 11.8. The summed E-state index contributed by atoms with van der Waals surface area (Å²) in [5.74, 6) is -1.49. The average molecular weight is 357 g/mol. The molecule has 1 aromatic rings. The number of carbonyl (C=O) groups is 2. The Bertz CT molecular complexity index is 512. The van der Waals surface area contributed by atoms with Gasteiger partial charge in [-0.3, -0.25) is 4.79 Å². The number of nitrogens with one attached hydrogen (secondary N) is 2. The predicted octanol–water partition coefficient (Wildman–Crippen LogP) is 3.71. The van der Waals surface area contributed by atoms with Crippen molar-refractivity contribution in [3.05, 3.63) is 28.7 Å². The highest BCUT2D eigenvalue weighted by Gasteiger charge is 2.24. The maximum atomic E-state index is 11.8. The van der Waals surface area contributed by atoms with Crippen LogP contribution in [0.2, 0.25) is 0 Å². The van der Waals surface area contributed by atoms with E-state index in [-0.39, 0.29) is 12.0 Å². The zero-order chi connectivity index (χ0) is 16.0. The van der Waals surface area contributed by atoms with Crippen molar-refractivity contribution in [3.63, 3.8) is 0 Å². The van der Waals surface area contributed by atoms with Gasteiger partial charge in [0.05, 0.1) is 5.92 Å². The number of urea groups is 1. The molecule has 0 aliphatic carbocycles. The summed E-state index contributed by atoms with van der Waals surface area (Å²) in [6, 6.07) is 6.78. The minimum Gasteiger partial charge on any atom is -0.481 e. The molecule has 3 N–H and O–H groups in total. The third kappa shape index (κ3) is 7.13. The fourth-order valence-corrected chi connectivity index (χ4v) is 2.34. The highest BCUT2D eigenvalue weighted by Crippen LogP contribution is 2.24. The van der Waals surface area contributed by atoms with Crippen LogP contribution >= 0.6 is 15.9 Å². The summed E-state index contributed by atoms with van der Waals surface area (Å²) < 4.78 is 0.858. The Morgan fingerprint density at radius 2 is 2.00 bits per heavy atom. The second kappa shape index (κ2) is 7.45. The molecule has 116 valence electrons. The van der Waals surface area contributed by atoms with Crippen molar-refractivity contribution in [1.29, 1.82) is 0 Å². The van der Waals surface area contributed by atoms with E-state index >= 15 is 0 Å². The highest BCUT2D eigenvalue weighted by atomic mass is 79.9. The van der Waals surface area contributed by atoms with Crippen LogP contribution in [0.1, 0.15) is 27.2 Å². The van der Waals surface area contributed by atoms with E-state index in [0.29, 0.717) is 12.1 Å². The van der Waals surface area contributed by atoms with Gasteiger partial charge in [0, 0.05) is 16.7 Å². The molecule has 0 saturated carbocycles. The van der Waals surface area contributed by atoms with Crippen molar-refractivity contribution < 1.29 is 14.7 Å². The third-order valence-electron chi connectivity index (χ3n) is 2.80. The standard InChI is InChI=1S/C15H21BrN2O3/c1-15(2,3)8-10(13(19)20)9-17-14(21)18-12-6-4-5-11(16)7-12/h4-7,10H,8-9H2,1-3H3,(H,19,20)(H2,17,18,21). The molecular weight excluding hydrogens is 336 g/mol. The molecule has 5 nitrogen and oxygen atoms in total. The fourth-order valence-electron chi connectivity index (χ4n) is 1.94. The van der Waals surface area contributed by atoms with E-state index < -0.39 is 17.9 Å². The molecule has 21 heavy (non-hydrogen) atoms. The maximum Gasteiger partial charge on any atom is 0.319 e. The number of benzene rings is 1. The van der Waals surface area contributed by atoms with E-state index in [1.165, 1.54) is 0 Å². The molecule has 0 saturated heterocycles. The average Bonchev–Trinajstić information content (AvgIpc) is 2.32. The van der Waals surface area contributed by atoms with Crippen LogP contribution in [0.25, 0.3) is 0 Å². The van der Waals surface area contributed by atoms with E-state index in [4.69, 9.17) is 0 Å². The van der Waals surface area contributed by atoms with E-state index in [0.717, 1.165) is 4.47 Å². The lowest BCUT2D eigenvalue weighted by Gasteiger charge is -2.23. The van der Waals surface area contributed by atoms with Gasteiger partial charge in [-0.2, -0.15) is 0 Å². The van der Waals surface area contributed by atoms with E-state index in [9.17, 15) is 14.7 Å². The van der Waals surface area contributed by atoms with E-state index in [2.05, 4.69) is 26.6 Å². The molecule has 0 fully saturated rings. The van der Waals surface area contributed by atoms with Gasteiger partial charge in [0.15, 0.2) is 0 Å². The second-order valence-electron chi connectivity index (χ2n) is 6.15. The quantitative estimate of drug-likeness (QED) is 0.752. The SMILES string of the molecule is CC(C)(C)CC(CNC(=O)Nc1cccc(Br)c1)C(=O)O. The normalized spacial score (nSPS) is 12.6. The summed E-state index contributed by atoms with van der Waals surface area (Å²) in [6.45, 7) is 6.03. The molecule has 0 aliphatic rings. The lowest BCUT2D eigenvalue weighted by molar-refractivity contribution is -0.142. The minimum atomic E-state index is -0.896. The molecule has 1 aromatic carbocycles. The topological polar surface area (TPSA) is 78.4 Å². The second-order valence-corrected chi connectivity index (χ2v) is 7.06. The summed E-state index contributed by atoms with van der Waals surface area (Å²) >= 11 is 3.32. The van der Waals surface area contributed by atoms with Crippen molar-refractivity contribution in [2.45, 2.75) is 27.2 Å². The van der Waals surface area contributed by atoms with Crippen molar-refractivity contribution >= 4 is 33.6 Å². The first-order valence-corrected chi connectivity index (χ1v) is 7.50. The number of rotatable bonds is 5. The lowest BCUT2D eigenvalue weighted by atomic mass is 9.84. The predicted molar refractivity (Wildman–Crippen MR) is 86.4 cm³/mol. The lowest BCUT2D eigenvalue weighted by Crippen LogP contribution is -2.37. The van der Waals surface area contributed by atoms with Crippen molar-refractivity contribution in [1.82, 2.24) is 5.32 Å². The van der Waals surface area contributed by atoms with Gasteiger partial charge in [0.25, 0.3) is 0 Å². The number of aliphatic carboxylic acids is 1. The van der Waals surface area contributed by atoms with Gasteiger partial charge in [0.1, 0.15) is 0 Å². The Hall–Kier alpha value is -1.56. The van der Waals surface area contributed by atoms with Crippen LogP contribution in [0.3, 0.4) is 0 Å². The summed E-state index contributed by atoms with van der Waals surface area (Å²) in [7, 11) is 0. The Kier molecular flexibility index (Phi) is 6.20. The Balaban J connectivity index is 2.52. The number of halogens is 1. The monoisotopic (exact) mass is 356 g/mol. The number of carboxylic acid groups (broad SMARTS) is 1. The first kappa shape index (κ1) is 17.5. The summed E-state index contributed by atoms with van der Waals surface area (Å²) in [5, 5.41) is 14.5. The number of amides is 2. The molecule has 1 rings (SSSR count). The van der Waals surface area contributed by atoms with Crippen LogP contribution in [0, 0.1) is 11.3 Å². The molecule has 0 spiro atoms. The molecule has 0 aromatic heterocycles. The molecule has 2 amide bonds. The van der Waals surface area contributed by atoms with Crippen LogP contribution in [0.15, 0.2) is 28.7 Å². The molecule has 1 atom stereocenters. The molecular formula is C15H21BrN2O3. The molecule has 0 aliphatic heterocycles. The first-order valence-electron chi connectivity index (χ1n) is 6.70. The Labute approximate surface area is 133 Å². The Morgan fingerprint density at radius 1 is 1.33 bits per heavy atom. The van der Waals surface area contributed by atoms with Crippen LogP contribution in [-0.4, -0.2) is 23.7 Å². The van der Waals surface area contributed by atoms with Gasteiger partial charge in [-0.15, -0.1) is 0 Å². The van der Waals surface area contributed by atoms with Gasteiger partial charge < -0.3 is 15.7 Å². The summed E-state index contributed by atoms with van der Waals surface area (Å²) in [6.07, 6.45) is 0.500.